The van der Waals surface area contributed by atoms with E-state index in [4.69, 9.17) is 0 Å². The van der Waals surface area contributed by atoms with Crippen LogP contribution in [0.3, 0.4) is 0 Å². The van der Waals surface area contributed by atoms with Gasteiger partial charge in [-0.1, -0.05) is 12.1 Å². The molecular formula is C20H26N6O3. The number of carbonyl (C=O) groups excluding carboxylic acids is 1. The molecule has 1 N–H and O–H groups in total. The van der Waals surface area contributed by atoms with Gasteiger partial charge >= 0.3 is 5.69 Å². The number of benzene rings is 1. The van der Waals surface area contributed by atoms with E-state index in [1.165, 1.54) is 28.1 Å². The molecule has 0 atom stereocenters. The highest BCUT2D eigenvalue weighted by Crippen LogP contribution is 2.15. The third-order valence-electron chi connectivity index (χ3n) is 4.98. The summed E-state index contributed by atoms with van der Waals surface area (Å²) in [5.41, 5.74) is 1.89. The molecule has 3 rings (SSSR count). The minimum absolute atomic E-state index is 0.0412. The number of aryl methyl sites for hydroxylation is 2. The van der Waals surface area contributed by atoms with Crippen LogP contribution in [0.5, 0.6) is 0 Å². The molecule has 29 heavy (non-hydrogen) atoms. The molecule has 0 aliphatic rings. The Hall–Kier alpha value is -3.36. The fourth-order valence-corrected chi connectivity index (χ4v) is 3.35. The van der Waals surface area contributed by atoms with Gasteiger partial charge in [-0.25, -0.2) is 9.78 Å². The van der Waals surface area contributed by atoms with E-state index in [0.29, 0.717) is 13.1 Å². The van der Waals surface area contributed by atoms with Crippen molar-refractivity contribution in [2.45, 2.75) is 20.4 Å². The molecule has 0 unspecified atom stereocenters. The van der Waals surface area contributed by atoms with Crippen molar-refractivity contribution in [1.82, 2.24) is 24.0 Å². The molecule has 0 aliphatic carbocycles. The number of imidazole rings is 1. The van der Waals surface area contributed by atoms with Gasteiger partial charge in [-0.15, -0.1) is 0 Å². The number of anilines is 1. The van der Waals surface area contributed by atoms with E-state index in [1.807, 2.05) is 6.07 Å². The summed E-state index contributed by atoms with van der Waals surface area (Å²) in [6, 6.07) is 8.23. The predicted octanol–water partition coefficient (Wildman–Crippen LogP) is 0.385. The number of nitrogens with zero attached hydrogens (tertiary/aromatic N) is 5. The number of rotatable bonds is 7. The summed E-state index contributed by atoms with van der Waals surface area (Å²) in [5.74, 6) is -0.222. The van der Waals surface area contributed by atoms with Crippen molar-refractivity contribution in [3.63, 3.8) is 0 Å². The molecule has 0 radical (unpaired) electrons. The zero-order valence-corrected chi connectivity index (χ0v) is 17.2. The highest BCUT2D eigenvalue weighted by Gasteiger charge is 2.16. The van der Waals surface area contributed by atoms with E-state index in [1.54, 1.807) is 7.05 Å². The average molecular weight is 398 g/mol. The van der Waals surface area contributed by atoms with Crippen molar-refractivity contribution >= 4 is 22.8 Å². The maximum atomic E-state index is 12.4. The van der Waals surface area contributed by atoms with Gasteiger partial charge in [0, 0.05) is 39.4 Å². The topological polar surface area (TPSA) is 94.2 Å². The van der Waals surface area contributed by atoms with E-state index in [9.17, 15) is 14.4 Å². The second-order valence-corrected chi connectivity index (χ2v) is 7.02. The zero-order chi connectivity index (χ0) is 21.1. The first-order valence-electron chi connectivity index (χ1n) is 9.52. The molecule has 0 saturated heterocycles. The number of hydrogen-bond acceptors (Lipinski definition) is 5. The van der Waals surface area contributed by atoms with E-state index in [0.717, 1.165) is 16.8 Å². The van der Waals surface area contributed by atoms with Crippen molar-refractivity contribution in [3.05, 3.63) is 57.0 Å². The Labute approximate surface area is 168 Å². The van der Waals surface area contributed by atoms with Gasteiger partial charge in [0.15, 0.2) is 11.2 Å². The fraction of sp³-hybridized carbons (Fsp3) is 0.400. The number of carbonyl (C=O) groups is 1. The summed E-state index contributed by atoms with van der Waals surface area (Å²) < 4.78 is 3.79. The van der Waals surface area contributed by atoms with E-state index in [-0.39, 0.29) is 23.6 Å². The zero-order valence-electron chi connectivity index (χ0n) is 17.2. The number of nitrogens with one attached hydrogen (secondary N) is 1. The van der Waals surface area contributed by atoms with Crippen molar-refractivity contribution in [3.8, 4) is 0 Å². The highest BCUT2D eigenvalue weighted by molar-refractivity contribution is 5.78. The molecule has 0 aliphatic heterocycles. The maximum Gasteiger partial charge on any atom is 0.332 e. The van der Waals surface area contributed by atoms with Gasteiger partial charge in [0.1, 0.15) is 6.54 Å². The van der Waals surface area contributed by atoms with E-state index >= 15 is 0 Å². The molecule has 1 amide bonds. The molecule has 0 fully saturated rings. The third-order valence-corrected chi connectivity index (χ3v) is 4.98. The molecule has 2 aromatic heterocycles. The summed E-state index contributed by atoms with van der Waals surface area (Å²) >= 11 is 0. The number of likely N-dealkylation sites (N-methyl/N-ethyl adjacent to an activating group) is 1. The van der Waals surface area contributed by atoms with Gasteiger partial charge in [-0.3, -0.25) is 18.7 Å². The lowest BCUT2D eigenvalue weighted by Crippen LogP contribution is -2.39. The average Bonchev–Trinajstić information content (AvgIpc) is 3.11. The Morgan fingerprint density at radius 2 is 1.97 bits per heavy atom. The first-order chi connectivity index (χ1) is 13.8. The third kappa shape index (κ3) is 4.08. The van der Waals surface area contributed by atoms with E-state index in [2.05, 4.69) is 47.2 Å². The molecule has 0 spiro atoms. The summed E-state index contributed by atoms with van der Waals surface area (Å²) in [6.07, 6.45) is 1.41. The van der Waals surface area contributed by atoms with Gasteiger partial charge < -0.3 is 14.8 Å². The summed E-state index contributed by atoms with van der Waals surface area (Å²) in [4.78, 5) is 43.2. The van der Waals surface area contributed by atoms with Crippen LogP contribution in [0, 0.1) is 6.92 Å². The Kier molecular flexibility index (Phi) is 5.86. The second-order valence-electron chi connectivity index (χ2n) is 7.02. The van der Waals surface area contributed by atoms with Crippen LogP contribution in [0.25, 0.3) is 11.2 Å². The molecule has 2 heterocycles. The fourth-order valence-electron chi connectivity index (χ4n) is 3.35. The van der Waals surface area contributed by atoms with Crippen LogP contribution in [-0.4, -0.2) is 44.2 Å². The largest absolute Gasteiger partial charge is 0.370 e. The Balaban J connectivity index is 1.67. The van der Waals surface area contributed by atoms with Crippen molar-refractivity contribution < 1.29 is 4.79 Å². The molecule has 9 heteroatoms. The summed E-state index contributed by atoms with van der Waals surface area (Å²) in [7, 11) is 2.96. The molecule has 154 valence electrons. The van der Waals surface area contributed by atoms with Gasteiger partial charge in [0.25, 0.3) is 5.56 Å². The SMILES string of the molecule is CCN(CCNC(=O)Cn1cnc2c1c(=O)n(C)c(=O)n2C)c1cccc(C)c1. The van der Waals surface area contributed by atoms with Crippen LogP contribution < -0.4 is 21.5 Å². The Morgan fingerprint density at radius 3 is 2.66 bits per heavy atom. The van der Waals surface area contributed by atoms with Gasteiger partial charge in [0.05, 0.1) is 6.33 Å². The normalized spacial score (nSPS) is 11.0. The number of hydrogen-bond donors (Lipinski definition) is 1. The lowest BCUT2D eigenvalue weighted by atomic mass is 10.2. The van der Waals surface area contributed by atoms with E-state index < -0.39 is 11.2 Å². The Bertz CT molecular complexity index is 1160. The smallest absolute Gasteiger partial charge is 0.332 e. The highest BCUT2D eigenvalue weighted by atomic mass is 16.2. The quantitative estimate of drug-likeness (QED) is 0.621. The lowest BCUT2D eigenvalue weighted by molar-refractivity contribution is -0.121. The molecular weight excluding hydrogens is 372 g/mol. The van der Waals surface area contributed by atoms with Gasteiger partial charge in [-0.05, 0) is 31.5 Å². The molecule has 0 saturated carbocycles. The lowest BCUT2D eigenvalue weighted by Gasteiger charge is -2.23. The summed E-state index contributed by atoms with van der Waals surface area (Å²) in [5, 5.41) is 2.89. The first-order valence-corrected chi connectivity index (χ1v) is 9.52. The molecule has 1 aromatic carbocycles. The van der Waals surface area contributed by atoms with Crippen LogP contribution in [-0.2, 0) is 25.4 Å². The predicted molar refractivity (Wildman–Crippen MR) is 112 cm³/mol. The standard InChI is InChI=1S/C20H26N6O3/c1-5-25(15-8-6-7-14(2)11-15)10-9-21-16(27)12-26-13-22-18-17(26)19(28)24(4)20(29)23(18)3/h6-8,11,13H,5,9-10,12H2,1-4H3,(H,21,27). The minimum Gasteiger partial charge on any atom is -0.370 e. The van der Waals surface area contributed by atoms with Crippen LogP contribution in [0.2, 0.25) is 0 Å². The Morgan fingerprint density at radius 1 is 1.21 bits per heavy atom. The minimum atomic E-state index is -0.468. The van der Waals surface area contributed by atoms with Crippen molar-refractivity contribution in [2.24, 2.45) is 14.1 Å². The van der Waals surface area contributed by atoms with Crippen LogP contribution in [0.1, 0.15) is 12.5 Å². The number of amides is 1. The molecule has 0 bridgehead atoms. The van der Waals surface area contributed by atoms with Crippen LogP contribution >= 0.6 is 0 Å². The van der Waals surface area contributed by atoms with Crippen LogP contribution in [0.15, 0.2) is 40.2 Å². The van der Waals surface area contributed by atoms with Gasteiger partial charge in [0.2, 0.25) is 5.91 Å². The van der Waals surface area contributed by atoms with Crippen LogP contribution in [0.4, 0.5) is 5.69 Å². The number of fused-ring (bicyclic) bond motifs is 1. The number of aromatic nitrogens is 4. The van der Waals surface area contributed by atoms with Crippen molar-refractivity contribution in [2.75, 3.05) is 24.5 Å². The monoisotopic (exact) mass is 398 g/mol. The first kappa shape index (κ1) is 20.4. The van der Waals surface area contributed by atoms with Gasteiger partial charge in [-0.2, -0.15) is 0 Å². The molecule has 3 aromatic rings. The summed E-state index contributed by atoms with van der Waals surface area (Å²) in [6.45, 7) is 6.06. The second kappa shape index (κ2) is 8.34. The molecule has 9 nitrogen and oxygen atoms in total. The van der Waals surface area contributed by atoms with Crippen molar-refractivity contribution in [1.29, 1.82) is 0 Å². The maximum absolute atomic E-state index is 12.4.